The maximum atomic E-state index is 12.5. The van der Waals surface area contributed by atoms with Gasteiger partial charge in [0, 0.05) is 0 Å². The normalized spacial score (nSPS) is 11.3. The summed E-state index contributed by atoms with van der Waals surface area (Å²) in [5.41, 5.74) is 4.75. The highest BCUT2D eigenvalue weighted by Gasteiger charge is 2.31. The predicted octanol–water partition coefficient (Wildman–Crippen LogP) is 3.52. The van der Waals surface area contributed by atoms with Crippen LogP contribution in [-0.2, 0) is 6.18 Å². The molecule has 18 heavy (non-hydrogen) atoms. The third kappa shape index (κ3) is 3.87. The van der Waals surface area contributed by atoms with Gasteiger partial charge in [0.15, 0.2) is 0 Å². The molecule has 0 aromatic heterocycles. The molecule has 2 nitrogen and oxygen atoms in total. The van der Waals surface area contributed by atoms with E-state index in [-0.39, 0.29) is 10.6 Å². The first-order valence-corrected chi connectivity index (χ1v) is 5.91. The van der Waals surface area contributed by atoms with E-state index in [1.54, 1.807) is 0 Å². The van der Waals surface area contributed by atoms with Crippen molar-refractivity contribution in [3.05, 3.63) is 29.3 Å². The van der Waals surface area contributed by atoms with E-state index in [9.17, 15) is 13.2 Å². The Labute approximate surface area is 109 Å². The van der Waals surface area contributed by atoms with Crippen molar-refractivity contribution in [3.63, 3.8) is 0 Å². The van der Waals surface area contributed by atoms with Gasteiger partial charge in [0.2, 0.25) is 0 Å². The van der Waals surface area contributed by atoms with Crippen LogP contribution in [0, 0.1) is 0 Å². The molecule has 0 aliphatic rings. The van der Waals surface area contributed by atoms with E-state index in [1.165, 1.54) is 6.07 Å². The first kappa shape index (κ1) is 14.8. The van der Waals surface area contributed by atoms with E-state index in [4.69, 9.17) is 22.7 Å². The van der Waals surface area contributed by atoms with Crippen molar-refractivity contribution in [2.24, 2.45) is 5.73 Å². The smallest absolute Gasteiger partial charge is 0.416 e. The number of rotatable bonds is 5. The number of benzene rings is 1. The molecule has 100 valence electrons. The number of alkyl halides is 3. The van der Waals surface area contributed by atoms with Gasteiger partial charge < -0.3 is 10.5 Å². The van der Waals surface area contributed by atoms with Crippen LogP contribution in [0.4, 0.5) is 13.2 Å². The van der Waals surface area contributed by atoms with Gasteiger partial charge in [0.25, 0.3) is 0 Å². The van der Waals surface area contributed by atoms with E-state index < -0.39 is 11.7 Å². The van der Waals surface area contributed by atoms with Crippen LogP contribution in [0.1, 0.15) is 30.9 Å². The zero-order valence-electron chi connectivity index (χ0n) is 9.88. The Morgan fingerprint density at radius 1 is 1.39 bits per heavy atom. The van der Waals surface area contributed by atoms with E-state index in [2.05, 4.69) is 0 Å². The summed E-state index contributed by atoms with van der Waals surface area (Å²) in [6, 6.07) is 3.14. The molecular weight excluding hydrogens is 263 g/mol. The molecule has 0 amide bonds. The molecule has 0 saturated heterocycles. The molecule has 0 unspecified atom stereocenters. The summed E-state index contributed by atoms with van der Waals surface area (Å²) in [4.78, 5) is -0.104. The fraction of sp³-hybridized carbons (Fsp3) is 0.417. The molecule has 0 atom stereocenters. The van der Waals surface area contributed by atoms with Crippen molar-refractivity contribution >= 4 is 17.2 Å². The van der Waals surface area contributed by atoms with Crippen molar-refractivity contribution in [3.8, 4) is 5.75 Å². The van der Waals surface area contributed by atoms with E-state index >= 15 is 0 Å². The maximum absolute atomic E-state index is 12.5. The average Bonchev–Trinajstić information content (AvgIpc) is 2.28. The molecule has 2 N–H and O–H groups in total. The minimum absolute atomic E-state index is 0.104. The molecule has 0 spiro atoms. The van der Waals surface area contributed by atoms with Gasteiger partial charge in [-0.1, -0.05) is 25.6 Å². The van der Waals surface area contributed by atoms with Crippen molar-refractivity contribution in [1.29, 1.82) is 0 Å². The second-order valence-corrected chi connectivity index (χ2v) is 4.21. The first-order chi connectivity index (χ1) is 8.36. The summed E-state index contributed by atoms with van der Waals surface area (Å²) in [6.07, 6.45) is -2.66. The third-order valence-electron chi connectivity index (χ3n) is 2.33. The Morgan fingerprint density at radius 2 is 2.06 bits per heavy atom. The molecule has 6 heteroatoms. The summed E-state index contributed by atoms with van der Waals surface area (Å²) >= 11 is 4.74. The molecular formula is C12H14F3NOS. The highest BCUT2D eigenvalue weighted by atomic mass is 32.1. The van der Waals surface area contributed by atoms with Gasteiger partial charge in [-0.3, -0.25) is 0 Å². The summed E-state index contributed by atoms with van der Waals surface area (Å²) < 4.78 is 43.0. The van der Waals surface area contributed by atoms with Crippen LogP contribution in [0.3, 0.4) is 0 Å². The molecule has 0 radical (unpaired) electrons. The lowest BCUT2D eigenvalue weighted by molar-refractivity contribution is -0.137. The zero-order chi connectivity index (χ0) is 13.8. The van der Waals surface area contributed by atoms with Gasteiger partial charge in [-0.15, -0.1) is 0 Å². The lowest BCUT2D eigenvalue weighted by atomic mass is 10.1. The molecule has 0 bridgehead atoms. The predicted molar refractivity (Wildman–Crippen MR) is 67.7 cm³/mol. The number of hydrogen-bond donors (Lipinski definition) is 1. The van der Waals surface area contributed by atoms with Crippen LogP contribution in [0.5, 0.6) is 5.75 Å². The quantitative estimate of drug-likeness (QED) is 0.660. The number of nitrogens with two attached hydrogens (primary N) is 1. The summed E-state index contributed by atoms with van der Waals surface area (Å²) in [7, 11) is 0. The molecule has 0 aliphatic heterocycles. The molecule has 1 aromatic rings. The highest BCUT2D eigenvalue weighted by Crippen LogP contribution is 2.32. The van der Waals surface area contributed by atoms with Crippen molar-refractivity contribution in [1.82, 2.24) is 0 Å². The summed E-state index contributed by atoms with van der Waals surface area (Å²) in [6.45, 7) is 2.42. The minimum Gasteiger partial charge on any atom is -0.493 e. The number of ether oxygens (including phenoxy) is 1. The lowest BCUT2D eigenvalue weighted by Gasteiger charge is -2.13. The standard InChI is InChI=1S/C12H14F3NOS/c1-2-3-6-17-10-5-4-8(12(13,14)15)7-9(10)11(16)18/h4-5,7H,2-3,6H2,1H3,(H2,16,18). The van der Waals surface area contributed by atoms with Crippen LogP contribution in [0.2, 0.25) is 0 Å². The van der Waals surface area contributed by atoms with Gasteiger partial charge in [-0.2, -0.15) is 13.2 Å². The van der Waals surface area contributed by atoms with E-state index in [1.807, 2.05) is 6.92 Å². The summed E-state index contributed by atoms with van der Waals surface area (Å²) in [5.74, 6) is 0.295. The van der Waals surface area contributed by atoms with Crippen molar-refractivity contribution in [2.75, 3.05) is 6.61 Å². The van der Waals surface area contributed by atoms with Gasteiger partial charge in [-0.25, -0.2) is 0 Å². The Hall–Kier alpha value is -1.30. The van der Waals surface area contributed by atoms with Crippen molar-refractivity contribution in [2.45, 2.75) is 25.9 Å². The molecule has 0 aliphatic carbocycles. The Morgan fingerprint density at radius 3 is 2.56 bits per heavy atom. The molecule has 1 rings (SSSR count). The Balaban J connectivity index is 3.01. The van der Waals surface area contributed by atoms with Crippen LogP contribution >= 0.6 is 12.2 Å². The summed E-state index contributed by atoms with van der Waals surface area (Å²) in [5, 5.41) is 0. The van der Waals surface area contributed by atoms with Crippen LogP contribution in [-0.4, -0.2) is 11.6 Å². The number of halogens is 3. The topological polar surface area (TPSA) is 35.2 Å². The SMILES string of the molecule is CCCCOc1ccc(C(F)(F)F)cc1C(N)=S. The lowest BCUT2D eigenvalue weighted by Crippen LogP contribution is -2.14. The average molecular weight is 277 g/mol. The highest BCUT2D eigenvalue weighted by molar-refractivity contribution is 7.80. The van der Waals surface area contributed by atoms with Gasteiger partial charge in [-0.05, 0) is 24.6 Å². The zero-order valence-corrected chi connectivity index (χ0v) is 10.7. The van der Waals surface area contributed by atoms with Crippen molar-refractivity contribution < 1.29 is 17.9 Å². The molecule has 0 fully saturated rings. The second-order valence-electron chi connectivity index (χ2n) is 3.77. The number of hydrogen-bond acceptors (Lipinski definition) is 2. The third-order valence-corrected chi connectivity index (χ3v) is 2.55. The fourth-order valence-electron chi connectivity index (χ4n) is 1.35. The van der Waals surface area contributed by atoms with Gasteiger partial charge >= 0.3 is 6.18 Å². The number of thiocarbonyl (C=S) groups is 1. The number of unbranched alkanes of at least 4 members (excludes halogenated alkanes) is 1. The van der Waals surface area contributed by atoms with Crippen LogP contribution in [0.15, 0.2) is 18.2 Å². The Kier molecular flexibility index (Phi) is 4.95. The van der Waals surface area contributed by atoms with Gasteiger partial charge in [0.05, 0.1) is 17.7 Å². The molecule has 0 heterocycles. The van der Waals surface area contributed by atoms with Crippen LogP contribution < -0.4 is 10.5 Å². The molecule has 0 saturated carbocycles. The second kappa shape index (κ2) is 6.04. The van der Waals surface area contributed by atoms with Crippen LogP contribution in [0.25, 0.3) is 0 Å². The van der Waals surface area contributed by atoms with Gasteiger partial charge in [0.1, 0.15) is 10.7 Å². The largest absolute Gasteiger partial charge is 0.493 e. The molecule has 1 aromatic carbocycles. The van der Waals surface area contributed by atoms with E-state index in [0.29, 0.717) is 12.4 Å². The van der Waals surface area contributed by atoms with E-state index in [0.717, 1.165) is 25.0 Å². The Bertz CT molecular complexity index is 432. The minimum atomic E-state index is -4.42. The first-order valence-electron chi connectivity index (χ1n) is 5.50. The maximum Gasteiger partial charge on any atom is 0.416 e. The fourth-order valence-corrected chi connectivity index (χ4v) is 1.51. The monoisotopic (exact) mass is 277 g/mol.